The molecule has 3 nitrogen and oxygen atoms in total. The lowest BCUT2D eigenvalue weighted by molar-refractivity contribution is 0.102. The van der Waals surface area contributed by atoms with E-state index < -0.39 is 0 Å². The van der Waals surface area contributed by atoms with Gasteiger partial charge in [-0.3, -0.25) is 4.79 Å². The fraction of sp³-hybridized carbons (Fsp3) is 0.176. The maximum absolute atomic E-state index is 12.4. The topological polar surface area (TPSA) is 42.0 Å². The van der Waals surface area contributed by atoms with Crippen LogP contribution in [0, 0.1) is 20.8 Å². The number of nitrogens with zero attached hydrogens (tertiary/aromatic N) is 1. The van der Waals surface area contributed by atoms with Crippen LogP contribution in [-0.2, 0) is 0 Å². The Hall–Kier alpha value is -2.20. The van der Waals surface area contributed by atoms with Crippen LogP contribution in [0.4, 0.5) is 5.69 Å². The molecule has 0 saturated heterocycles. The van der Waals surface area contributed by atoms with Crippen molar-refractivity contribution < 1.29 is 4.79 Å². The lowest BCUT2D eigenvalue weighted by Crippen LogP contribution is -2.13. The molecular formula is C17H16N2OS. The van der Waals surface area contributed by atoms with Gasteiger partial charge in [0.15, 0.2) is 0 Å². The minimum atomic E-state index is -0.0830. The van der Waals surface area contributed by atoms with Crippen LogP contribution in [0.1, 0.15) is 26.5 Å². The van der Waals surface area contributed by atoms with E-state index in [4.69, 9.17) is 0 Å². The third kappa shape index (κ3) is 2.67. The number of hydrogen-bond donors (Lipinski definition) is 1. The van der Waals surface area contributed by atoms with Crippen LogP contribution in [0.2, 0.25) is 0 Å². The molecule has 0 radical (unpaired) electrons. The van der Waals surface area contributed by atoms with Gasteiger partial charge in [0, 0.05) is 11.3 Å². The predicted molar refractivity (Wildman–Crippen MR) is 88.2 cm³/mol. The number of thiazole rings is 1. The Morgan fingerprint density at radius 2 is 1.81 bits per heavy atom. The van der Waals surface area contributed by atoms with E-state index in [0.717, 1.165) is 32.0 Å². The molecule has 1 aromatic heterocycles. The number of carbonyl (C=O) groups is 1. The zero-order valence-electron chi connectivity index (χ0n) is 12.2. The van der Waals surface area contributed by atoms with E-state index in [0.29, 0.717) is 5.56 Å². The first kappa shape index (κ1) is 13.8. The molecule has 4 heteroatoms. The van der Waals surface area contributed by atoms with Crippen molar-refractivity contribution >= 4 is 33.1 Å². The molecule has 1 N–H and O–H groups in total. The van der Waals surface area contributed by atoms with Crippen molar-refractivity contribution in [2.75, 3.05) is 5.32 Å². The van der Waals surface area contributed by atoms with Crippen LogP contribution in [0.3, 0.4) is 0 Å². The number of carbonyl (C=O) groups excluding carboxylic acids is 1. The normalized spacial score (nSPS) is 10.8. The van der Waals surface area contributed by atoms with Crippen LogP contribution < -0.4 is 5.32 Å². The molecule has 1 amide bonds. The third-order valence-corrected chi connectivity index (χ3v) is 4.41. The van der Waals surface area contributed by atoms with Crippen molar-refractivity contribution in [2.45, 2.75) is 20.8 Å². The van der Waals surface area contributed by atoms with Crippen LogP contribution in [0.25, 0.3) is 10.2 Å². The number of aryl methyl sites for hydroxylation is 3. The summed E-state index contributed by atoms with van der Waals surface area (Å²) in [5.74, 6) is -0.0830. The van der Waals surface area contributed by atoms with E-state index >= 15 is 0 Å². The molecular weight excluding hydrogens is 280 g/mol. The first-order valence-electron chi connectivity index (χ1n) is 6.79. The lowest BCUT2D eigenvalue weighted by Gasteiger charge is -2.11. The van der Waals surface area contributed by atoms with Gasteiger partial charge in [-0.25, -0.2) is 4.98 Å². The van der Waals surface area contributed by atoms with Gasteiger partial charge in [-0.1, -0.05) is 18.2 Å². The molecule has 106 valence electrons. The molecule has 1 heterocycles. The van der Waals surface area contributed by atoms with Gasteiger partial charge in [0.05, 0.1) is 15.2 Å². The fourth-order valence-electron chi connectivity index (χ4n) is 2.38. The van der Waals surface area contributed by atoms with Crippen molar-refractivity contribution in [1.29, 1.82) is 0 Å². The number of amides is 1. The van der Waals surface area contributed by atoms with Gasteiger partial charge >= 0.3 is 0 Å². The molecule has 0 saturated carbocycles. The number of anilines is 1. The van der Waals surface area contributed by atoms with E-state index in [1.807, 2.05) is 57.2 Å². The highest BCUT2D eigenvalue weighted by molar-refractivity contribution is 7.18. The number of rotatable bonds is 2. The Labute approximate surface area is 127 Å². The van der Waals surface area contributed by atoms with Gasteiger partial charge in [-0.05, 0) is 50.1 Å². The van der Waals surface area contributed by atoms with Crippen LogP contribution in [0.15, 0.2) is 36.4 Å². The van der Waals surface area contributed by atoms with Crippen LogP contribution in [0.5, 0.6) is 0 Å². The Morgan fingerprint density at radius 1 is 1.10 bits per heavy atom. The van der Waals surface area contributed by atoms with Crippen molar-refractivity contribution in [3.8, 4) is 0 Å². The van der Waals surface area contributed by atoms with E-state index in [2.05, 4.69) is 10.3 Å². The number of hydrogen-bond acceptors (Lipinski definition) is 3. The zero-order chi connectivity index (χ0) is 15.0. The lowest BCUT2D eigenvalue weighted by atomic mass is 10.1. The fourth-order valence-corrected chi connectivity index (χ4v) is 3.24. The van der Waals surface area contributed by atoms with Gasteiger partial charge in [-0.15, -0.1) is 11.3 Å². The smallest absolute Gasteiger partial charge is 0.255 e. The van der Waals surface area contributed by atoms with Gasteiger partial charge in [0.2, 0.25) is 0 Å². The maximum atomic E-state index is 12.4. The predicted octanol–water partition coefficient (Wildman–Crippen LogP) is 4.47. The molecule has 2 aromatic carbocycles. The van der Waals surface area contributed by atoms with Crippen molar-refractivity contribution in [1.82, 2.24) is 4.98 Å². The van der Waals surface area contributed by atoms with Gasteiger partial charge in [0.25, 0.3) is 5.91 Å². The van der Waals surface area contributed by atoms with E-state index in [9.17, 15) is 4.79 Å². The van der Waals surface area contributed by atoms with Crippen molar-refractivity contribution in [3.05, 3.63) is 58.1 Å². The highest BCUT2D eigenvalue weighted by atomic mass is 32.1. The highest BCUT2D eigenvalue weighted by Gasteiger charge is 2.11. The molecule has 0 fully saturated rings. The van der Waals surface area contributed by atoms with Crippen LogP contribution in [-0.4, -0.2) is 10.9 Å². The SMILES string of the molecule is Cc1nc2ccc(C(=O)Nc3c(C)cccc3C)cc2s1. The molecule has 0 aliphatic carbocycles. The third-order valence-electron chi connectivity index (χ3n) is 3.48. The number of nitrogens with one attached hydrogen (secondary N) is 1. The second-order valence-corrected chi connectivity index (χ2v) is 6.37. The second kappa shape index (κ2) is 5.30. The summed E-state index contributed by atoms with van der Waals surface area (Å²) >= 11 is 1.61. The number of fused-ring (bicyclic) bond motifs is 1. The Bertz CT molecular complexity index is 816. The number of para-hydroxylation sites is 1. The average Bonchev–Trinajstić information content (AvgIpc) is 2.81. The first-order valence-corrected chi connectivity index (χ1v) is 7.61. The summed E-state index contributed by atoms with van der Waals surface area (Å²) in [4.78, 5) is 16.9. The summed E-state index contributed by atoms with van der Waals surface area (Å²) in [6.45, 7) is 5.97. The standard InChI is InChI=1S/C17H16N2OS/c1-10-5-4-6-11(2)16(10)19-17(20)13-7-8-14-15(9-13)21-12(3)18-14/h4-9H,1-3H3,(H,19,20). The summed E-state index contributed by atoms with van der Waals surface area (Å²) in [5, 5.41) is 4.02. The molecule has 3 rings (SSSR count). The number of aromatic nitrogens is 1. The Kier molecular flexibility index (Phi) is 3.47. The van der Waals surface area contributed by atoms with E-state index in [-0.39, 0.29) is 5.91 Å². The first-order chi connectivity index (χ1) is 10.0. The van der Waals surface area contributed by atoms with E-state index in [1.54, 1.807) is 11.3 Å². The highest BCUT2D eigenvalue weighted by Crippen LogP contribution is 2.24. The minimum Gasteiger partial charge on any atom is -0.322 e. The minimum absolute atomic E-state index is 0.0830. The van der Waals surface area contributed by atoms with Crippen molar-refractivity contribution in [3.63, 3.8) is 0 Å². The average molecular weight is 296 g/mol. The molecule has 21 heavy (non-hydrogen) atoms. The summed E-state index contributed by atoms with van der Waals surface area (Å²) < 4.78 is 1.04. The Balaban J connectivity index is 1.93. The second-order valence-electron chi connectivity index (χ2n) is 5.14. The quantitative estimate of drug-likeness (QED) is 0.758. The van der Waals surface area contributed by atoms with Crippen LogP contribution >= 0.6 is 11.3 Å². The largest absolute Gasteiger partial charge is 0.322 e. The monoisotopic (exact) mass is 296 g/mol. The zero-order valence-corrected chi connectivity index (χ0v) is 13.0. The molecule has 0 spiro atoms. The summed E-state index contributed by atoms with van der Waals surface area (Å²) in [6.07, 6.45) is 0. The van der Waals surface area contributed by atoms with Crippen molar-refractivity contribution in [2.24, 2.45) is 0 Å². The molecule has 3 aromatic rings. The van der Waals surface area contributed by atoms with Gasteiger partial charge in [0.1, 0.15) is 0 Å². The van der Waals surface area contributed by atoms with Gasteiger partial charge in [-0.2, -0.15) is 0 Å². The summed E-state index contributed by atoms with van der Waals surface area (Å²) in [5.41, 5.74) is 4.63. The maximum Gasteiger partial charge on any atom is 0.255 e. The summed E-state index contributed by atoms with van der Waals surface area (Å²) in [7, 11) is 0. The molecule has 0 bridgehead atoms. The molecule has 0 atom stereocenters. The van der Waals surface area contributed by atoms with E-state index in [1.165, 1.54) is 0 Å². The Morgan fingerprint density at radius 3 is 2.52 bits per heavy atom. The molecule has 0 aliphatic rings. The number of benzene rings is 2. The van der Waals surface area contributed by atoms with Gasteiger partial charge < -0.3 is 5.32 Å². The molecule has 0 aliphatic heterocycles. The summed E-state index contributed by atoms with van der Waals surface area (Å²) in [6, 6.07) is 11.6. The molecule has 0 unspecified atom stereocenters.